The molecular formula is C83H125N5O13S. The number of hydrogen-bond donors (Lipinski definition) is 1. The monoisotopic (exact) mass is 1430 g/mol. The molecule has 18 nitrogen and oxygen atoms in total. The molecule has 11 atom stereocenters. The SMILES string of the molecule is CC1([C@H](CC(=O)CC2(CS(=O)(=O)C(C)(C)C)CCCCC2)C(=O)N2C[C@H]3[C@@H]([C@H]2C(=O)C[C@@H](CCC2CC2)C(=O)C(=O)CC2CC2)C3(C)C)CCCCC1.CCC[C@H](CC(=O)C1[C@H]2CCC[C@H]2CN1C(=O)[C@H](CC(=O)[C@H](NC(=O)c1cnccn1)C1CCCCC1)C(C)(C)C)C(=O)C(=O)CC1CC1. The molecule has 19 heteroatoms. The van der Waals surface area contributed by atoms with Gasteiger partial charge in [0.1, 0.15) is 11.5 Å². The molecule has 11 rings (SSSR count). The number of amides is 3. The van der Waals surface area contributed by atoms with Gasteiger partial charge in [-0.3, -0.25) is 57.7 Å². The first-order valence-electron chi connectivity index (χ1n) is 40.3. The number of sulfone groups is 1. The van der Waals surface area contributed by atoms with E-state index in [0.29, 0.717) is 62.9 Å². The summed E-state index contributed by atoms with van der Waals surface area (Å²) in [6.45, 7) is 20.4. The van der Waals surface area contributed by atoms with Gasteiger partial charge in [-0.1, -0.05) is 132 Å². The summed E-state index contributed by atoms with van der Waals surface area (Å²) in [6.07, 6.45) is 30.2. The number of aromatic nitrogens is 2. The molecule has 10 fully saturated rings. The van der Waals surface area contributed by atoms with E-state index in [9.17, 15) is 56.4 Å². The minimum absolute atomic E-state index is 0.00133. The highest BCUT2D eigenvalue weighted by Crippen LogP contribution is 2.66. The fourth-order valence-electron chi connectivity index (χ4n) is 19.6. The summed E-state index contributed by atoms with van der Waals surface area (Å²) < 4.78 is 26.2. The van der Waals surface area contributed by atoms with Gasteiger partial charge in [0.05, 0.1) is 40.7 Å². The van der Waals surface area contributed by atoms with Crippen molar-refractivity contribution in [2.24, 2.45) is 92.7 Å². The number of nitrogens with zero attached hydrogens (tertiary/aromatic N) is 4. The van der Waals surface area contributed by atoms with Crippen molar-refractivity contribution in [2.75, 3.05) is 18.8 Å². The predicted octanol–water partition coefficient (Wildman–Crippen LogP) is 14.0. The number of carbonyl (C=O) groups excluding carboxylic acids is 11. The molecule has 3 heterocycles. The Bertz CT molecular complexity index is 3360. The van der Waals surface area contributed by atoms with Gasteiger partial charge >= 0.3 is 0 Å². The molecule has 8 saturated carbocycles. The minimum atomic E-state index is -3.46. The molecule has 1 unspecified atom stereocenters. The summed E-state index contributed by atoms with van der Waals surface area (Å²) in [5, 5.41) is 2.97. The molecule has 0 spiro atoms. The molecule has 102 heavy (non-hydrogen) atoms. The summed E-state index contributed by atoms with van der Waals surface area (Å²) in [4.78, 5) is 165. The van der Waals surface area contributed by atoms with Crippen molar-refractivity contribution in [1.82, 2.24) is 25.1 Å². The van der Waals surface area contributed by atoms with Crippen LogP contribution >= 0.6 is 0 Å². The summed E-state index contributed by atoms with van der Waals surface area (Å²) >= 11 is 0. The van der Waals surface area contributed by atoms with Crippen LogP contribution in [0.1, 0.15) is 304 Å². The average molecular weight is 1430 g/mol. The van der Waals surface area contributed by atoms with Crippen molar-refractivity contribution in [3.8, 4) is 0 Å². The summed E-state index contributed by atoms with van der Waals surface area (Å²) in [7, 11) is -3.46. The standard InChI is InChI=1S/C44H69NO7S.C39H56N4O6/c1-41(2,3)53(51,52)28-44(21-11-8-12-22-44)26-32(46)25-33(43(6)19-9-7-10-20-43)40(50)45-27-34-37(42(34,4)5)38(45)35(47)24-31(18-17-29-13-14-29)39(49)36(48)23-30-15-16-30;1-5-10-26(36(47)33(46)19-24-15-16-24)20-32(45)35-28-14-9-13-27(28)23-43(35)38(49)29(39(2,3)4)21-31(44)34(25-11-7-6-8-12-25)42-37(48)30-22-40-17-18-41-30/h29-31,33-34,37-38H,7-28H2,1-6H3;17-18,22,24-29,34-35H,5-16,19-21,23H2,1-4H3,(H,42,48)/t31-,33-,34+,37+,38-;26-,27+,28+,29+,34-,35?/m11/s1. The van der Waals surface area contributed by atoms with E-state index in [1.165, 1.54) is 18.6 Å². The molecule has 566 valence electrons. The van der Waals surface area contributed by atoms with Gasteiger partial charge in [-0.2, -0.15) is 0 Å². The Hall–Kier alpha value is -5.20. The number of Topliss-reactive ketones (excluding diaryl/α,β-unsaturated/α-hetero) is 8. The van der Waals surface area contributed by atoms with Crippen LogP contribution in [0.15, 0.2) is 18.6 Å². The second-order valence-corrected chi connectivity index (χ2v) is 40.0. The molecule has 0 radical (unpaired) electrons. The fraction of sp³-hybridized carbons (Fsp3) is 0.819. The van der Waals surface area contributed by atoms with Gasteiger partial charge in [0.2, 0.25) is 23.4 Å². The maximum atomic E-state index is 15.1. The van der Waals surface area contributed by atoms with Crippen molar-refractivity contribution in [3.63, 3.8) is 0 Å². The minimum Gasteiger partial charge on any atom is -0.341 e. The first kappa shape index (κ1) is 79.4. The topological polar surface area (TPSA) is 266 Å². The number of hydrogen-bond acceptors (Lipinski definition) is 15. The van der Waals surface area contributed by atoms with E-state index >= 15 is 4.79 Å². The van der Waals surface area contributed by atoms with E-state index < -0.39 is 90.1 Å². The van der Waals surface area contributed by atoms with Crippen LogP contribution in [0, 0.1) is 92.7 Å². The number of piperidine rings is 1. The molecule has 2 aliphatic heterocycles. The average Bonchev–Trinajstić information content (AvgIpc) is 1.52. The van der Waals surface area contributed by atoms with Crippen LogP contribution in [-0.2, 0) is 57.8 Å². The van der Waals surface area contributed by atoms with Crippen molar-refractivity contribution in [3.05, 3.63) is 24.3 Å². The Morgan fingerprint density at radius 1 is 0.608 bits per heavy atom. The number of fused-ring (bicyclic) bond motifs is 2. The lowest BCUT2D eigenvalue weighted by Crippen LogP contribution is -2.52. The Morgan fingerprint density at radius 2 is 1.17 bits per heavy atom. The summed E-state index contributed by atoms with van der Waals surface area (Å²) in [5.41, 5.74) is -1.56. The van der Waals surface area contributed by atoms with Crippen LogP contribution in [0.3, 0.4) is 0 Å². The zero-order valence-electron chi connectivity index (χ0n) is 63.8. The number of likely N-dealkylation sites (tertiary alicyclic amines) is 2. The Kier molecular flexibility index (Phi) is 25.6. The zero-order chi connectivity index (χ0) is 73.9. The van der Waals surface area contributed by atoms with Crippen LogP contribution < -0.4 is 5.32 Å². The molecule has 0 aromatic carbocycles. The zero-order valence-corrected chi connectivity index (χ0v) is 64.6. The lowest BCUT2D eigenvalue weighted by molar-refractivity contribution is -0.150. The molecule has 3 amide bonds. The van der Waals surface area contributed by atoms with Crippen molar-refractivity contribution in [1.29, 1.82) is 0 Å². The highest BCUT2D eigenvalue weighted by Gasteiger charge is 2.70. The number of ketones is 8. The molecule has 8 aliphatic carbocycles. The van der Waals surface area contributed by atoms with E-state index in [1.807, 2.05) is 27.7 Å². The van der Waals surface area contributed by atoms with E-state index in [4.69, 9.17) is 0 Å². The van der Waals surface area contributed by atoms with Crippen molar-refractivity contribution >= 4 is 73.8 Å². The van der Waals surface area contributed by atoms with Crippen LogP contribution in [0.5, 0.6) is 0 Å². The lowest BCUT2D eigenvalue weighted by atomic mass is 9.64. The maximum Gasteiger partial charge on any atom is 0.272 e. The normalized spacial score (nSPS) is 26.7. The Balaban J connectivity index is 0.000000220. The van der Waals surface area contributed by atoms with Gasteiger partial charge in [0.15, 0.2) is 38.8 Å². The molecule has 0 bridgehead atoms. The van der Waals surface area contributed by atoms with Gasteiger partial charge in [0.25, 0.3) is 5.91 Å². The highest BCUT2D eigenvalue weighted by molar-refractivity contribution is 7.92. The second kappa shape index (κ2) is 32.9. The maximum absolute atomic E-state index is 15.1. The van der Waals surface area contributed by atoms with E-state index in [0.717, 1.165) is 148 Å². The fourth-order valence-corrected chi connectivity index (χ4v) is 21.3. The van der Waals surface area contributed by atoms with Gasteiger partial charge < -0.3 is 15.1 Å². The third-order valence-corrected chi connectivity index (χ3v) is 29.8. The molecule has 1 aromatic heterocycles. The van der Waals surface area contributed by atoms with Crippen LogP contribution in [0.2, 0.25) is 0 Å². The quantitative estimate of drug-likeness (QED) is 0.0629. The van der Waals surface area contributed by atoms with Gasteiger partial charge in [0, 0.05) is 88.2 Å². The molecular weight excluding hydrogens is 1310 g/mol. The molecule has 10 aliphatic rings. The number of rotatable bonds is 34. The predicted molar refractivity (Wildman–Crippen MR) is 391 cm³/mol. The largest absolute Gasteiger partial charge is 0.341 e. The van der Waals surface area contributed by atoms with Crippen LogP contribution in [-0.4, -0.2) is 134 Å². The third kappa shape index (κ3) is 19.3. The first-order chi connectivity index (χ1) is 48.2. The number of carbonyl (C=O) groups is 11. The number of nitrogens with one attached hydrogen (secondary N) is 1. The Labute approximate surface area is 609 Å². The summed E-state index contributed by atoms with van der Waals surface area (Å²) in [6, 6.07) is -2.06. The Morgan fingerprint density at radius 3 is 1.72 bits per heavy atom. The molecule has 2 saturated heterocycles. The van der Waals surface area contributed by atoms with Crippen LogP contribution in [0.4, 0.5) is 0 Å². The molecule has 1 aromatic rings. The van der Waals surface area contributed by atoms with E-state index in [2.05, 4.69) is 36.1 Å². The van der Waals surface area contributed by atoms with Gasteiger partial charge in [-0.05, 0) is 186 Å². The summed E-state index contributed by atoms with van der Waals surface area (Å²) in [5.74, 6) is -3.78. The third-order valence-electron chi connectivity index (χ3n) is 26.9. The second-order valence-electron chi connectivity index (χ2n) is 37.2. The van der Waals surface area contributed by atoms with Crippen molar-refractivity contribution < 1.29 is 61.2 Å². The van der Waals surface area contributed by atoms with Crippen molar-refractivity contribution in [2.45, 2.75) is 317 Å². The molecule has 1 N–H and O–H groups in total. The van der Waals surface area contributed by atoms with Gasteiger partial charge in [-0.15, -0.1) is 0 Å². The highest BCUT2D eigenvalue weighted by atomic mass is 32.2. The van der Waals surface area contributed by atoms with E-state index in [-0.39, 0.29) is 138 Å². The van der Waals surface area contributed by atoms with E-state index in [1.54, 1.807) is 30.6 Å². The smallest absolute Gasteiger partial charge is 0.272 e. The van der Waals surface area contributed by atoms with Gasteiger partial charge in [-0.25, -0.2) is 13.4 Å². The van der Waals surface area contributed by atoms with Crippen LogP contribution in [0.25, 0.3) is 0 Å². The lowest BCUT2D eigenvalue weighted by Gasteiger charge is -2.44. The first-order valence-corrected chi connectivity index (χ1v) is 41.9.